The summed E-state index contributed by atoms with van der Waals surface area (Å²) in [5, 5.41) is 4.87. The van der Waals surface area contributed by atoms with Crippen molar-refractivity contribution in [1.82, 2.24) is 15.0 Å². The first kappa shape index (κ1) is 15.1. The summed E-state index contributed by atoms with van der Waals surface area (Å²) in [7, 11) is 0. The van der Waals surface area contributed by atoms with Crippen LogP contribution in [0.3, 0.4) is 0 Å². The molecule has 1 saturated carbocycles. The van der Waals surface area contributed by atoms with Gasteiger partial charge in [-0.1, -0.05) is 0 Å². The van der Waals surface area contributed by atoms with E-state index in [1.54, 1.807) is 0 Å². The van der Waals surface area contributed by atoms with Crippen LogP contribution in [0.2, 0.25) is 0 Å². The predicted octanol–water partition coefficient (Wildman–Crippen LogP) is 1.58. The molecule has 7 heteroatoms. The number of nitrogens with one attached hydrogen (secondary N) is 1. The number of ether oxygens (including phenoxy) is 2. The number of carbonyl (C=O) groups is 1. The molecule has 2 fully saturated rings. The zero-order valence-electron chi connectivity index (χ0n) is 13.4. The zero-order valence-corrected chi connectivity index (χ0v) is 13.4. The third-order valence-electron chi connectivity index (χ3n) is 3.63. The fourth-order valence-electron chi connectivity index (χ4n) is 2.44. The highest BCUT2D eigenvalue weighted by molar-refractivity contribution is 5.67. The molecule has 1 aliphatic carbocycles. The van der Waals surface area contributed by atoms with Crippen molar-refractivity contribution in [2.45, 2.75) is 51.4 Å². The first-order valence-corrected chi connectivity index (χ1v) is 7.81. The van der Waals surface area contributed by atoms with Gasteiger partial charge in [-0.25, -0.2) is 9.78 Å². The number of rotatable bonds is 3. The number of hydrogen-bond donors (Lipinski definition) is 1. The van der Waals surface area contributed by atoms with Crippen molar-refractivity contribution in [3.8, 4) is 0 Å². The van der Waals surface area contributed by atoms with Gasteiger partial charge in [-0.05, 0) is 33.6 Å². The second-order valence-electron chi connectivity index (χ2n) is 6.87. The van der Waals surface area contributed by atoms with E-state index < -0.39 is 11.7 Å². The summed E-state index contributed by atoms with van der Waals surface area (Å²) >= 11 is 0. The molecule has 0 aromatic carbocycles. The van der Waals surface area contributed by atoms with Crippen LogP contribution < -0.4 is 10.3 Å². The Morgan fingerprint density at radius 2 is 2.23 bits per heavy atom. The highest BCUT2D eigenvalue weighted by Crippen LogP contribution is 2.38. The summed E-state index contributed by atoms with van der Waals surface area (Å²) in [5.74, 6) is 0.637. The first-order valence-electron chi connectivity index (χ1n) is 7.81. The van der Waals surface area contributed by atoms with Crippen molar-refractivity contribution in [2.24, 2.45) is 0 Å². The fourth-order valence-corrected chi connectivity index (χ4v) is 2.44. The van der Waals surface area contributed by atoms with Gasteiger partial charge in [0.15, 0.2) is 6.23 Å². The van der Waals surface area contributed by atoms with Crippen LogP contribution in [0.1, 0.15) is 45.2 Å². The molecule has 22 heavy (non-hydrogen) atoms. The van der Waals surface area contributed by atoms with Gasteiger partial charge in [-0.15, -0.1) is 0 Å². The lowest BCUT2D eigenvalue weighted by atomic mass is 10.2. The Hall–Kier alpha value is -1.76. The molecule has 122 valence electrons. The summed E-state index contributed by atoms with van der Waals surface area (Å²) in [6, 6.07) is 0. The Bertz CT molecular complexity index is 533. The van der Waals surface area contributed by atoms with Gasteiger partial charge in [-0.2, -0.15) is 0 Å². The number of carbonyl (C=O) groups excluding carboxylic acids is 1. The van der Waals surface area contributed by atoms with Crippen LogP contribution in [-0.4, -0.2) is 47.3 Å². The van der Waals surface area contributed by atoms with Crippen LogP contribution in [0.25, 0.3) is 0 Å². The highest BCUT2D eigenvalue weighted by Gasteiger charge is 2.28. The number of amides is 1. The number of alkyl carbamates (subject to hydrolysis) is 1. The molecule has 0 radical (unpaired) electrons. The van der Waals surface area contributed by atoms with Crippen LogP contribution in [-0.2, 0) is 9.47 Å². The van der Waals surface area contributed by atoms with E-state index in [1.807, 2.05) is 31.8 Å². The summed E-state index contributed by atoms with van der Waals surface area (Å²) in [4.78, 5) is 16.3. The van der Waals surface area contributed by atoms with Gasteiger partial charge in [0, 0.05) is 12.1 Å². The van der Waals surface area contributed by atoms with E-state index in [1.165, 1.54) is 12.8 Å². The highest BCUT2D eigenvalue weighted by atomic mass is 16.6. The van der Waals surface area contributed by atoms with Gasteiger partial charge in [0.25, 0.3) is 0 Å². The molecule has 0 bridgehead atoms. The summed E-state index contributed by atoms with van der Waals surface area (Å²) in [5.41, 5.74) is 0.644. The number of nitrogens with zero attached hydrogens (tertiary/aromatic N) is 3. The van der Waals surface area contributed by atoms with Crippen LogP contribution >= 0.6 is 0 Å². The minimum Gasteiger partial charge on any atom is -0.444 e. The van der Waals surface area contributed by atoms with E-state index in [4.69, 9.17) is 9.47 Å². The quantitative estimate of drug-likeness (QED) is 0.918. The molecular weight excluding hydrogens is 284 g/mol. The monoisotopic (exact) mass is 308 g/mol. The molecule has 0 spiro atoms. The van der Waals surface area contributed by atoms with Crippen molar-refractivity contribution in [3.05, 3.63) is 18.2 Å². The lowest BCUT2D eigenvalue weighted by Gasteiger charge is -2.35. The minimum absolute atomic E-state index is 0.379. The maximum atomic E-state index is 11.8. The third kappa shape index (κ3) is 3.91. The van der Waals surface area contributed by atoms with Gasteiger partial charge in [0.2, 0.25) is 0 Å². The van der Waals surface area contributed by atoms with Crippen LogP contribution in [0.15, 0.2) is 12.5 Å². The van der Waals surface area contributed by atoms with E-state index in [-0.39, 0.29) is 6.23 Å². The molecule has 1 aromatic rings. The van der Waals surface area contributed by atoms with Crippen LogP contribution in [0.5, 0.6) is 0 Å². The fraction of sp³-hybridized carbons (Fsp3) is 0.733. The Morgan fingerprint density at radius 1 is 1.45 bits per heavy atom. The van der Waals surface area contributed by atoms with Crippen molar-refractivity contribution >= 4 is 6.09 Å². The summed E-state index contributed by atoms with van der Waals surface area (Å²) in [6.07, 6.45) is 5.56. The Morgan fingerprint density at radius 3 is 2.91 bits per heavy atom. The SMILES string of the molecule is CC(C)(C)OC(=O)NC1CN(n2cnc(C3CC3)c2)CCO1. The topological polar surface area (TPSA) is 68.6 Å². The molecular formula is C15H24N4O3. The maximum Gasteiger partial charge on any atom is 0.409 e. The van der Waals surface area contributed by atoms with Crippen LogP contribution in [0, 0.1) is 0 Å². The second-order valence-corrected chi connectivity index (χ2v) is 6.87. The van der Waals surface area contributed by atoms with Gasteiger partial charge in [0.1, 0.15) is 11.9 Å². The Labute approximate surface area is 130 Å². The molecule has 2 aliphatic rings. The molecule has 1 atom stereocenters. The average Bonchev–Trinajstić information content (AvgIpc) is 3.14. The lowest BCUT2D eigenvalue weighted by molar-refractivity contribution is -0.00573. The lowest BCUT2D eigenvalue weighted by Crippen LogP contribution is -2.54. The van der Waals surface area contributed by atoms with E-state index in [0.29, 0.717) is 19.1 Å². The van der Waals surface area contributed by atoms with E-state index in [9.17, 15) is 4.79 Å². The number of aromatic nitrogens is 2. The van der Waals surface area contributed by atoms with Gasteiger partial charge in [0.05, 0.1) is 25.4 Å². The van der Waals surface area contributed by atoms with Gasteiger partial charge in [-0.3, -0.25) is 9.99 Å². The van der Waals surface area contributed by atoms with Crippen molar-refractivity contribution in [2.75, 3.05) is 24.7 Å². The molecule has 1 N–H and O–H groups in total. The van der Waals surface area contributed by atoms with E-state index >= 15 is 0 Å². The van der Waals surface area contributed by atoms with Crippen molar-refractivity contribution in [3.63, 3.8) is 0 Å². The van der Waals surface area contributed by atoms with Crippen LogP contribution in [0.4, 0.5) is 4.79 Å². The number of morpholine rings is 1. The number of hydrogen-bond acceptors (Lipinski definition) is 5. The molecule has 1 amide bonds. The standard InChI is InChI=1S/C15H24N4O3/c1-15(2,3)22-14(20)17-13-9-18(6-7-21-13)19-8-12(16-10-19)11-4-5-11/h8,10-11,13H,4-7,9H2,1-3H3,(H,17,20). The Kier molecular flexibility index (Phi) is 3.99. The average molecular weight is 308 g/mol. The minimum atomic E-state index is -0.512. The summed E-state index contributed by atoms with van der Waals surface area (Å²) < 4.78 is 12.9. The second kappa shape index (κ2) is 5.79. The maximum absolute atomic E-state index is 11.8. The van der Waals surface area contributed by atoms with Gasteiger partial charge >= 0.3 is 6.09 Å². The van der Waals surface area contributed by atoms with Crippen molar-refractivity contribution < 1.29 is 14.3 Å². The predicted molar refractivity (Wildman–Crippen MR) is 81.3 cm³/mol. The zero-order chi connectivity index (χ0) is 15.7. The van der Waals surface area contributed by atoms with E-state index in [0.717, 1.165) is 12.2 Å². The molecule has 1 unspecified atom stereocenters. The third-order valence-corrected chi connectivity index (χ3v) is 3.63. The molecule has 2 heterocycles. The molecule has 1 aliphatic heterocycles. The molecule has 1 aromatic heterocycles. The first-order chi connectivity index (χ1) is 10.4. The Balaban J connectivity index is 1.55. The molecule has 7 nitrogen and oxygen atoms in total. The number of imidazole rings is 1. The van der Waals surface area contributed by atoms with E-state index in [2.05, 4.69) is 21.5 Å². The molecule has 1 saturated heterocycles. The normalized spacial score (nSPS) is 22.5. The largest absolute Gasteiger partial charge is 0.444 e. The van der Waals surface area contributed by atoms with Gasteiger partial charge < -0.3 is 14.5 Å². The smallest absolute Gasteiger partial charge is 0.409 e. The molecule has 3 rings (SSSR count). The van der Waals surface area contributed by atoms with Crippen molar-refractivity contribution in [1.29, 1.82) is 0 Å². The summed E-state index contributed by atoms with van der Waals surface area (Å²) in [6.45, 7) is 7.41.